The fraction of sp³-hybridized carbons (Fsp3) is 0.158. The van der Waals surface area contributed by atoms with Crippen LogP contribution in [0, 0.1) is 6.92 Å². The molecular weight excluding hydrogens is 348 g/mol. The van der Waals surface area contributed by atoms with Crippen LogP contribution in [0.15, 0.2) is 58.4 Å². The highest BCUT2D eigenvalue weighted by Gasteiger charge is 2.13. The van der Waals surface area contributed by atoms with E-state index in [9.17, 15) is 4.79 Å². The van der Waals surface area contributed by atoms with E-state index >= 15 is 0 Å². The molecule has 0 aliphatic carbocycles. The minimum absolute atomic E-state index is 0.259. The lowest BCUT2D eigenvalue weighted by Crippen LogP contribution is -2.10. The van der Waals surface area contributed by atoms with Gasteiger partial charge in [-0.2, -0.15) is 0 Å². The summed E-state index contributed by atoms with van der Waals surface area (Å²) in [5, 5.41) is 4.85. The van der Waals surface area contributed by atoms with Gasteiger partial charge in [0.2, 0.25) is 0 Å². The van der Waals surface area contributed by atoms with E-state index in [1.165, 1.54) is 0 Å². The Morgan fingerprint density at radius 2 is 2.19 bits per heavy atom. The Kier molecular flexibility index (Phi) is 4.30. The van der Waals surface area contributed by atoms with Gasteiger partial charge in [-0.05, 0) is 43.3 Å². The van der Waals surface area contributed by atoms with Gasteiger partial charge < -0.3 is 19.3 Å². The average molecular weight is 366 g/mol. The van der Waals surface area contributed by atoms with E-state index in [-0.39, 0.29) is 5.91 Å². The number of furan rings is 1. The van der Waals surface area contributed by atoms with Crippen LogP contribution < -0.4 is 5.32 Å². The number of benzene rings is 1. The summed E-state index contributed by atoms with van der Waals surface area (Å²) in [5.74, 6) is 1.39. The molecule has 1 amide bonds. The van der Waals surface area contributed by atoms with E-state index in [0.717, 1.165) is 33.2 Å². The molecule has 0 aliphatic heterocycles. The minimum atomic E-state index is -0.259. The van der Waals surface area contributed by atoms with E-state index in [2.05, 4.69) is 15.3 Å². The lowest BCUT2D eigenvalue weighted by Gasteiger charge is -2.03. The quantitative estimate of drug-likeness (QED) is 0.515. The summed E-state index contributed by atoms with van der Waals surface area (Å²) in [4.78, 5) is 19.9. The largest absolute Gasteiger partial charge is 0.455 e. The molecule has 0 spiro atoms. The zero-order valence-electron chi connectivity index (χ0n) is 14.4. The van der Waals surface area contributed by atoms with Crippen LogP contribution in [0.4, 0.5) is 5.69 Å². The van der Waals surface area contributed by atoms with Gasteiger partial charge in [-0.25, -0.2) is 4.98 Å². The molecule has 6 nitrogen and oxygen atoms in total. The topological polar surface area (TPSA) is 75.8 Å². The number of H-pyrrole nitrogens is 1. The first-order valence-electron chi connectivity index (χ1n) is 8.18. The molecular formula is C19H18N4O2S. The van der Waals surface area contributed by atoms with Crippen molar-refractivity contribution in [2.75, 3.05) is 5.32 Å². The first-order chi connectivity index (χ1) is 12.6. The van der Waals surface area contributed by atoms with Gasteiger partial charge in [0.1, 0.15) is 5.76 Å². The van der Waals surface area contributed by atoms with Gasteiger partial charge >= 0.3 is 0 Å². The van der Waals surface area contributed by atoms with Gasteiger partial charge in [0.15, 0.2) is 10.9 Å². The summed E-state index contributed by atoms with van der Waals surface area (Å²) >= 11 is 1.56. The first kappa shape index (κ1) is 16.5. The van der Waals surface area contributed by atoms with Crippen molar-refractivity contribution in [1.82, 2.24) is 14.5 Å². The third-order valence-corrected chi connectivity index (χ3v) is 5.10. The van der Waals surface area contributed by atoms with Crippen LogP contribution in [0.25, 0.3) is 10.9 Å². The predicted molar refractivity (Wildman–Crippen MR) is 102 cm³/mol. The Balaban J connectivity index is 1.42. The number of aromatic amines is 1. The molecule has 7 heteroatoms. The second kappa shape index (κ2) is 6.76. The summed E-state index contributed by atoms with van der Waals surface area (Å²) in [7, 11) is 1.94. The van der Waals surface area contributed by atoms with Crippen LogP contribution in [-0.4, -0.2) is 20.4 Å². The molecule has 0 fully saturated rings. The summed E-state index contributed by atoms with van der Waals surface area (Å²) < 4.78 is 7.62. The van der Waals surface area contributed by atoms with Crippen molar-refractivity contribution in [2.24, 2.45) is 7.05 Å². The van der Waals surface area contributed by atoms with E-state index in [4.69, 9.17) is 4.42 Å². The molecule has 132 valence electrons. The van der Waals surface area contributed by atoms with E-state index in [1.807, 2.05) is 55.1 Å². The lowest BCUT2D eigenvalue weighted by molar-refractivity contribution is 0.0995. The average Bonchev–Trinajstić information content (AvgIpc) is 3.31. The molecule has 0 atom stereocenters. The summed E-state index contributed by atoms with van der Waals surface area (Å²) in [5.41, 5.74) is 2.87. The van der Waals surface area contributed by atoms with Crippen molar-refractivity contribution in [3.05, 3.63) is 66.0 Å². The first-order valence-corrected chi connectivity index (χ1v) is 9.16. The molecule has 0 radical (unpaired) electrons. The highest BCUT2D eigenvalue weighted by Crippen LogP contribution is 2.23. The lowest BCUT2D eigenvalue weighted by atomic mass is 10.2. The highest BCUT2D eigenvalue weighted by atomic mass is 32.2. The fourth-order valence-electron chi connectivity index (χ4n) is 2.75. The van der Waals surface area contributed by atoms with Crippen LogP contribution in [0.1, 0.15) is 22.0 Å². The van der Waals surface area contributed by atoms with Gasteiger partial charge in [-0.1, -0.05) is 11.8 Å². The Labute approximate surface area is 154 Å². The molecule has 0 saturated carbocycles. The maximum absolute atomic E-state index is 12.4. The maximum atomic E-state index is 12.4. The van der Waals surface area contributed by atoms with Crippen LogP contribution >= 0.6 is 11.8 Å². The normalized spacial score (nSPS) is 11.2. The number of hydrogen-bond acceptors (Lipinski definition) is 4. The second-order valence-electron chi connectivity index (χ2n) is 6.08. The number of aromatic nitrogens is 3. The van der Waals surface area contributed by atoms with Crippen molar-refractivity contribution < 1.29 is 9.21 Å². The zero-order chi connectivity index (χ0) is 18.1. The number of amides is 1. The number of imidazole rings is 1. The SMILES string of the molecule is Cc1cc2cc(NC(=O)c3ccc(CSc4nccn4C)o3)ccc2[nH]1. The van der Waals surface area contributed by atoms with Crippen LogP contribution in [0.5, 0.6) is 0 Å². The molecule has 0 bridgehead atoms. The molecule has 4 aromatic rings. The number of carbonyl (C=O) groups is 1. The molecule has 4 rings (SSSR count). The van der Waals surface area contributed by atoms with Crippen LogP contribution in [0.2, 0.25) is 0 Å². The van der Waals surface area contributed by atoms with Crippen molar-refractivity contribution in [2.45, 2.75) is 17.8 Å². The van der Waals surface area contributed by atoms with Crippen molar-refractivity contribution in [3.8, 4) is 0 Å². The van der Waals surface area contributed by atoms with E-state index in [1.54, 1.807) is 24.0 Å². The predicted octanol–water partition coefficient (Wildman–Crippen LogP) is 4.35. The van der Waals surface area contributed by atoms with Crippen molar-refractivity contribution in [1.29, 1.82) is 0 Å². The molecule has 0 saturated heterocycles. The summed E-state index contributed by atoms with van der Waals surface area (Å²) in [6.07, 6.45) is 3.65. The van der Waals surface area contributed by atoms with Gasteiger partial charge in [0.05, 0.1) is 5.75 Å². The molecule has 26 heavy (non-hydrogen) atoms. The number of nitrogens with one attached hydrogen (secondary N) is 2. The third kappa shape index (κ3) is 3.39. The van der Waals surface area contributed by atoms with Gasteiger partial charge in [0.25, 0.3) is 5.91 Å². The number of hydrogen-bond donors (Lipinski definition) is 2. The Hall–Kier alpha value is -2.93. The smallest absolute Gasteiger partial charge is 0.291 e. The van der Waals surface area contributed by atoms with Crippen LogP contribution in [-0.2, 0) is 12.8 Å². The zero-order valence-corrected chi connectivity index (χ0v) is 15.3. The molecule has 0 aliphatic rings. The third-order valence-electron chi connectivity index (χ3n) is 4.02. The van der Waals surface area contributed by atoms with E-state index < -0.39 is 0 Å². The maximum Gasteiger partial charge on any atom is 0.291 e. The van der Waals surface area contributed by atoms with Gasteiger partial charge in [0, 0.05) is 41.7 Å². The highest BCUT2D eigenvalue weighted by molar-refractivity contribution is 7.98. The minimum Gasteiger partial charge on any atom is -0.455 e. The Bertz CT molecular complexity index is 1080. The van der Waals surface area contributed by atoms with Crippen LogP contribution in [0.3, 0.4) is 0 Å². The number of carbonyl (C=O) groups excluding carboxylic acids is 1. The van der Waals surface area contributed by atoms with Crippen molar-refractivity contribution >= 4 is 34.3 Å². The second-order valence-corrected chi connectivity index (χ2v) is 7.03. The summed E-state index contributed by atoms with van der Waals surface area (Å²) in [6, 6.07) is 11.3. The number of rotatable bonds is 5. The molecule has 3 aromatic heterocycles. The Morgan fingerprint density at radius 1 is 1.31 bits per heavy atom. The number of nitrogens with zero attached hydrogens (tertiary/aromatic N) is 2. The van der Waals surface area contributed by atoms with Crippen molar-refractivity contribution in [3.63, 3.8) is 0 Å². The number of anilines is 1. The number of fused-ring (bicyclic) bond motifs is 1. The van der Waals surface area contributed by atoms with Gasteiger partial charge in [-0.15, -0.1) is 0 Å². The number of thioether (sulfide) groups is 1. The monoisotopic (exact) mass is 366 g/mol. The molecule has 2 N–H and O–H groups in total. The number of aryl methyl sites for hydroxylation is 2. The summed E-state index contributed by atoms with van der Waals surface area (Å²) in [6.45, 7) is 2.01. The Morgan fingerprint density at radius 3 is 3.00 bits per heavy atom. The van der Waals surface area contributed by atoms with Gasteiger partial charge in [-0.3, -0.25) is 4.79 Å². The molecule has 3 heterocycles. The molecule has 0 unspecified atom stereocenters. The fourth-order valence-corrected chi connectivity index (χ4v) is 3.58. The standard InChI is InChI=1S/C19H18N4O2S/c1-12-9-13-10-14(3-5-16(13)21-12)22-18(24)17-6-4-15(25-17)11-26-19-20-7-8-23(19)2/h3-10,21H,11H2,1-2H3,(H,22,24). The molecule has 1 aromatic carbocycles. The van der Waals surface area contributed by atoms with E-state index in [0.29, 0.717) is 11.5 Å².